The molecule has 32 heavy (non-hydrogen) atoms. The van der Waals surface area contributed by atoms with Gasteiger partial charge in [-0.2, -0.15) is 0 Å². The molecule has 3 aromatic carbocycles. The Morgan fingerprint density at radius 2 is 1.78 bits per heavy atom. The number of amides is 2. The summed E-state index contributed by atoms with van der Waals surface area (Å²) in [5.74, 6) is 0. The Balaban J connectivity index is 1.63. The summed E-state index contributed by atoms with van der Waals surface area (Å²) in [6.07, 6.45) is 3.84. The summed E-state index contributed by atoms with van der Waals surface area (Å²) in [6, 6.07) is 20.3. The van der Waals surface area contributed by atoms with Crippen LogP contribution in [0.2, 0.25) is 0 Å². The molecule has 2 heterocycles. The predicted octanol–water partition coefficient (Wildman–Crippen LogP) is 4.26. The molecule has 0 radical (unpaired) electrons. The quantitative estimate of drug-likeness (QED) is 0.493. The molecule has 0 saturated carbocycles. The first-order valence-corrected chi connectivity index (χ1v) is 12.3. The van der Waals surface area contributed by atoms with Crippen molar-refractivity contribution in [2.75, 3.05) is 12.8 Å². The average Bonchev–Trinajstić information content (AvgIpc) is 3.21. The van der Waals surface area contributed by atoms with Crippen LogP contribution in [-0.4, -0.2) is 37.1 Å². The van der Waals surface area contributed by atoms with E-state index in [0.29, 0.717) is 17.9 Å². The van der Waals surface area contributed by atoms with E-state index >= 15 is 0 Å². The number of primary amides is 1. The zero-order chi connectivity index (χ0) is 22.5. The van der Waals surface area contributed by atoms with Gasteiger partial charge in [-0.15, -0.1) is 0 Å². The minimum Gasteiger partial charge on any atom is -0.361 e. The molecule has 0 spiro atoms. The molecule has 0 fully saturated rings. The maximum Gasteiger partial charge on any atom is 0.315 e. The molecule has 1 unspecified atom stereocenters. The van der Waals surface area contributed by atoms with Gasteiger partial charge in [-0.25, -0.2) is 13.2 Å². The third-order valence-corrected chi connectivity index (χ3v) is 7.28. The Kier molecular flexibility index (Phi) is 4.78. The van der Waals surface area contributed by atoms with E-state index in [9.17, 15) is 13.2 Å². The van der Waals surface area contributed by atoms with Crippen molar-refractivity contribution in [3.8, 4) is 11.1 Å². The molecule has 3 N–H and O–H groups in total. The second kappa shape index (κ2) is 7.53. The number of nitrogens with one attached hydrogen (secondary N) is 1. The molecule has 2 amide bonds. The number of aromatic amines is 1. The molecule has 4 aromatic rings. The number of para-hydroxylation sites is 1. The monoisotopic (exact) mass is 445 g/mol. The number of nitrogens with two attached hydrogens (primary N) is 1. The number of rotatable bonds is 3. The van der Waals surface area contributed by atoms with Gasteiger partial charge in [0.1, 0.15) is 0 Å². The summed E-state index contributed by atoms with van der Waals surface area (Å²) in [5, 5.41) is 1.06. The second-order valence-corrected chi connectivity index (χ2v) is 10.2. The Bertz CT molecular complexity index is 1460. The van der Waals surface area contributed by atoms with Crippen molar-refractivity contribution < 1.29 is 13.2 Å². The first-order chi connectivity index (χ1) is 15.3. The molecule has 0 aliphatic carbocycles. The van der Waals surface area contributed by atoms with Gasteiger partial charge in [0.05, 0.1) is 10.9 Å². The molecular formula is C25H23N3O3S. The lowest BCUT2D eigenvalue weighted by Gasteiger charge is -2.36. The Morgan fingerprint density at radius 3 is 2.56 bits per heavy atom. The van der Waals surface area contributed by atoms with Gasteiger partial charge in [-0.3, -0.25) is 0 Å². The van der Waals surface area contributed by atoms with Gasteiger partial charge in [0.25, 0.3) is 0 Å². The molecule has 1 aliphatic heterocycles. The van der Waals surface area contributed by atoms with Gasteiger partial charge in [0.2, 0.25) is 0 Å². The van der Waals surface area contributed by atoms with Crippen LogP contribution in [0.15, 0.2) is 77.8 Å². The number of nitrogens with zero attached hydrogens (tertiary/aromatic N) is 1. The fourth-order valence-corrected chi connectivity index (χ4v) is 5.27. The van der Waals surface area contributed by atoms with Crippen LogP contribution in [0.25, 0.3) is 22.0 Å². The van der Waals surface area contributed by atoms with Gasteiger partial charge in [0, 0.05) is 35.5 Å². The fraction of sp³-hybridized carbons (Fsp3) is 0.160. The van der Waals surface area contributed by atoms with Crippen LogP contribution >= 0.6 is 0 Å². The number of H-pyrrole nitrogens is 1. The van der Waals surface area contributed by atoms with Crippen LogP contribution in [0.3, 0.4) is 0 Å². The van der Waals surface area contributed by atoms with Crippen molar-refractivity contribution in [1.82, 2.24) is 9.88 Å². The number of benzene rings is 3. The number of carbonyl (C=O) groups is 1. The molecule has 1 aromatic heterocycles. The zero-order valence-electron chi connectivity index (χ0n) is 17.6. The van der Waals surface area contributed by atoms with Gasteiger partial charge >= 0.3 is 6.03 Å². The summed E-state index contributed by atoms with van der Waals surface area (Å²) in [6.45, 7) is 0.513. The summed E-state index contributed by atoms with van der Waals surface area (Å²) in [4.78, 5) is 17.6. The number of fused-ring (bicyclic) bond motifs is 2. The van der Waals surface area contributed by atoms with Crippen LogP contribution in [-0.2, 0) is 16.3 Å². The summed E-state index contributed by atoms with van der Waals surface area (Å²) < 4.78 is 24.0. The highest BCUT2D eigenvalue weighted by atomic mass is 32.2. The second-order valence-electron chi connectivity index (χ2n) is 8.19. The van der Waals surface area contributed by atoms with Crippen molar-refractivity contribution in [3.05, 3.63) is 89.6 Å². The Hall–Kier alpha value is -3.58. The van der Waals surface area contributed by atoms with E-state index in [-0.39, 0.29) is 6.04 Å². The minimum atomic E-state index is -3.29. The fourth-order valence-electron chi connectivity index (χ4n) is 4.61. The van der Waals surface area contributed by atoms with Crippen LogP contribution in [0, 0.1) is 0 Å². The van der Waals surface area contributed by atoms with Crippen molar-refractivity contribution in [1.29, 1.82) is 0 Å². The van der Waals surface area contributed by atoms with Crippen LogP contribution < -0.4 is 5.73 Å². The van der Waals surface area contributed by atoms with Gasteiger partial charge in [-0.05, 0) is 46.9 Å². The molecule has 7 heteroatoms. The standard InChI is InChI=1S/C25H23N3O3S/c1-32(30,31)19-6-4-5-16(14-19)17-9-10-20-18(13-17)11-12-28(25(26)29)24(20)22-15-27-23-8-3-2-7-21(22)23/h2-10,13-15,24,27H,11-12H2,1H3,(H2,26,29). The highest BCUT2D eigenvalue weighted by Gasteiger charge is 2.32. The lowest BCUT2D eigenvalue weighted by atomic mass is 9.86. The van der Waals surface area contributed by atoms with Crippen molar-refractivity contribution in [3.63, 3.8) is 0 Å². The van der Waals surface area contributed by atoms with E-state index in [4.69, 9.17) is 5.73 Å². The molecule has 5 rings (SSSR count). The van der Waals surface area contributed by atoms with Gasteiger partial charge in [-0.1, -0.05) is 48.5 Å². The topological polar surface area (TPSA) is 96.3 Å². The number of sulfone groups is 1. The number of urea groups is 1. The number of aromatic nitrogens is 1. The highest BCUT2D eigenvalue weighted by Crippen LogP contribution is 2.39. The average molecular weight is 446 g/mol. The number of hydrogen-bond acceptors (Lipinski definition) is 3. The third kappa shape index (κ3) is 3.44. The van der Waals surface area contributed by atoms with E-state index in [2.05, 4.69) is 11.1 Å². The van der Waals surface area contributed by atoms with Crippen molar-refractivity contribution in [2.24, 2.45) is 5.73 Å². The Morgan fingerprint density at radius 1 is 1.00 bits per heavy atom. The van der Waals surface area contributed by atoms with Crippen molar-refractivity contribution in [2.45, 2.75) is 17.4 Å². The largest absolute Gasteiger partial charge is 0.361 e. The van der Waals surface area contributed by atoms with E-state index < -0.39 is 15.9 Å². The molecule has 1 aliphatic rings. The maximum absolute atomic E-state index is 12.3. The molecule has 162 valence electrons. The molecule has 0 bridgehead atoms. The Labute approximate surface area is 186 Å². The maximum atomic E-state index is 12.3. The van der Waals surface area contributed by atoms with E-state index in [0.717, 1.165) is 38.7 Å². The molecular weight excluding hydrogens is 422 g/mol. The number of carbonyl (C=O) groups excluding carboxylic acids is 1. The molecule has 1 atom stereocenters. The first-order valence-electron chi connectivity index (χ1n) is 10.4. The predicted molar refractivity (Wildman–Crippen MR) is 125 cm³/mol. The SMILES string of the molecule is CS(=O)(=O)c1cccc(-c2ccc3c(c2)CCN(C(N)=O)C3c2c[nH]c3ccccc23)c1. The van der Waals surface area contributed by atoms with Gasteiger partial charge in [0.15, 0.2) is 9.84 Å². The van der Waals surface area contributed by atoms with Crippen LogP contribution in [0.4, 0.5) is 4.79 Å². The zero-order valence-corrected chi connectivity index (χ0v) is 18.4. The number of hydrogen-bond donors (Lipinski definition) is 2. The van der Waals surface area contributed by atoms with E-state index in [1.165, 1.54) is 6.26 Å². The minimum absolute atomic E-state index is 0.288. The highest BCUT2D eigenvalue weighted by molar-refractivity contribution is 7.90. The summed E-state index contributed by atoms with van der Waals surface area (Å²) in [7, 11) is -3.29. The lowest BCUT2D eigenvalue weighted by molar-refractivity contribution is 0.190. The smallest absolute Gasteiger partial charge is 0.315 e. The van der Waals surface area contributed by atoms with Gasteiger partial charge < -0.3 is 15.6 Å². The molecule has 6 nitrogen and oxygen atoms in total. The third-order valence-electron chi connectivity index (χ3n) is 6.17. The first kappa shape index (κ1) is 20.3. The van der Waals surface area contributed by atoms with E-state index in [1.54, 1.807) is 23.1 Å². The summed E-state index contributed by atoms with van der Waals surface area (Å²) in [5.41, 5.74) is 11.7. The summed E-state index contributed by atoms with van der Waals surface area (Å²) >= 11 is 0. The van der Waals surface area contributed by atoms with Crippen LogP contribution in [0.1, 0.15) is 22.7 Å². The molecule has 0 saturated heterocycles. The van der Waals surface area contributed by atoms with Crippen molar-refractivity contribution >= 4 is 26.8 Å². The van der Waals surface area contributed by atoms with E-state index in [1.807, 2.05) is 48.7 Å². The lowest BCUT2D eigenvalue weighted by Crippen LogP contribution is -2.43. The van der Waals surface area contributed by atoms with Crippen LogP contribution in [0.5, 0.6) is 0 Å². The normalized spacial score (nSPS) is 16.2.